The molecule has 7 aromatic carbocycles. The highest BCUT2D eigenvalue weighted by Gasteiger charge is 2.12. The molecule has 0 fully saturated rings. The molecular weight excluding hydrogens is 474 g/mol. The topological polar surface area (TPSA) is 12.5 Å². The monoisotopic (exact) mass is 501 g/mol. The maximum Gasteiger partial charge on any atom is 0.119 e. The summed E-state index contributed by atoms with van der Waals surface area (Å²) in [5, 5.41) is 7.88. The van der Waals surface area contributed by atoms with Crippen LogP contribution >= 0.6 is 0 Å². The molecule has 0 heterocycles. The van der Waals surface area contributed by atoms with Crippen LogP contribution in [0.2, 0.25) is 0 Å². The molecule has 0 unspecified atom stereocenters. The van der Waals surface area contributed by atoms with E-state index in [0.29, 0.717) is 0 Å². The van der Waals surface area contributed by atoms with E-state index in [1.54, 1.807) is 7.11 Å². The van der Waals surface area contributed by atoms with E-state index in [4.69, 9.17) is 4.74 Å². The molecule has 0 bridgehead atoms. The Balaban J connectivity index is 1.21. The van der Waals surface area contributed by atoms with Crippen molar-refractivity contribution in [3.63, 3.8) is 0 Å². The Kier molecular flexibility index (Phi) is 5.71. The van der Waals surface area contributed by atoms with E-state index >= 15 is 0 Å². The van der Waals surface area contributed by atoms with Crippen LogP contribution in [0.25, 0.3) is 44.5 Å². The number of benzene rings is 7. The van der Waals surface area contributed by atoms with Crippen LogP contribution < -0.4 is 9.64 Å². The van der Waals surface area contributed by atoms with Gasteiger partial charge in [-0.1, -0.05) is 84.9 Å². The van der Waals surface area contributed by atoms with E-state index in [-0.39, 0.29) is 0 Å². The lowest BCUT2D eigenvalue weighted by molar-refractivity contribution is 0.415. The first-order chi connectivity index (χ1) is 19.3. The first kappa shape index (κ1) is 23.1. The molecule has 7 rings (SSSR count). The summed E-state index contributed by atoms with van der Waals surface area (Å²) >= 11 is 0. The van der Waals surface area contributed by atoms with Gasteiger partial charge in [0, 0.05) is 17.1 Å². The van der Waals surface area contributed by atoms with Crippen molar-refractivity contribution in [1.82, 2.24) is 0 Å². The number of ether oxygens (including phenoxy) is 1. The highest BCUT2D eigenvalue weighted by Crippen LogP contribution is 2.37. The minimum Gasteiger partial charge on any atom is -0.497 e. The Labute approximate surface area is 228 Å². The summed E-state index contributed by atoms with van der Waals surface area (Å²) in [6, 6.07) is 47.4. The Morgan fingerprint density at radius 2 is 0.974 bits per heavy atom. The van der Waals surface area contributed by atoms with Gasteiger partial charge >= 0.3 is 0 Å². The summed E-state index contributed by atoms with van der Waals surface area (Å²) in [7, 11) is 1.69. The third-order valence-electron chi connectivity index (χ3n) is 7.45. The zero-order valence-corrected chi connectivity index (χ0v) is 21.7. The van der Waals surface area contributed by atoms with Crippen molar-refractivity contribution in [3.05, 3.63) is 145 Å². The lowest BCUT2D eigenvalue weighted by Crippen LogP contribution is -2.09. The molecular formula is C37H27NO. The summed E-state index contributed by atoms with van der Waals surface area (Å²) in [6.07, 6.45) is 4.40. The van der Waals surface area contributed by atoms with Crippen molar-refractivity contribution in [2.75, 3.05) is 12.0 Å². The normalized spacial score (nSPS) is 11.6. The van der Waals surface area contributed by atoms with Crippen molar-refractivity contribution in [2.24, 2.45) is 0 Å². The number of nitrogens with zero attached hydrogens (tertiary/aromatic N) is 1. The van der Waals surface area contributed by atoms with Crippen LogP contribution in [0.5, 0.6) is 5.75 Å². The average molecular weight is 502 g/mol. The van der Waals surface area contributed by atoms with E-state index in [1.807, 2.05) is 18.2 Å². The zero-order chi connectivity index (χ0) is 26.2. The fourth-order valence-electron chi connectivity index (χ4n) is 5.56. The molecule has 0 amide bonds. The lowest BCUT2D eigenvalue weighted by atomic mass is 9.93. The molecule has 0 N–H and O–H groups in total. The molecule has 0 aliphatic carbocycles. The van der Waals surface area contributed by atoms with Crippen molar-refractivity contribution in [3.8, 4) is 5.75 Å². The number of rotatable bonds is 6. The number of para-hydroxylation sites is 1. The van der Waals surface area contributed by atoms with Gasteiger partial charge in [-0.15, -0.1) is 0 Å². The maximum atomic E-state index is 5.37. The molecule has 0 aliphatic heterocycles. The second-order valence-corrected chi connectivity index (χ2v) is 9.85. The predicted octanol–water partition coefficient (Wildman–Crippen LogP) is 10.2. The summed E-state index contributed by atoms with van der Waals surface area (Å²) < 4.78 is 5.37. The first-order valence-corrected chi connectivity index (χ1v) is 13.2. The summed E-state index contributed by atoms with van der Waals surface area (Å²) in [5.74, 6) is 0.846. The van der Waals surface area contributed by atoms with Crippen LogP contribution in [-0.2, 0) is 0 Å². The first-order valence-electron chi connectivity index (χ1n) is 13.2. The van der Waals surface area contributed by atoms with Crippen molar-refractivity contribution in [2.45, 2.75) is 0 Å². The van der Waals surface area contributed by atoms with E-state index in [1.165, 1.54) is 37.9 Å². The Hall–Kier alpha value is -5.08. The molecule has 0 atom stereocenters. The standard InChI is InChI=1S/C37H27NO/c1-39-35-22-20-34(21-23-35)38(32-8-3-2-4-9-32)33-18-12-26(13-19-33)10-11-27-24-30-16-14-28-6-5-7-29-15-17-31(25-27)37(30)36(28)29/h2-25H,1H3/b11-10-. The van der Waals surface area contributed by atoms with Gasteiger partial charge in [-0.2, -0.15) is 0 Å². The van der Waals surface area contributed by atoms with Gasteiger partial charge in [-0.25, -0.2) is 0 Å². The van der Waals surface area contributed by atoms with Gasteiger partial charge in [0.15, 0.2) is 0 Å². The van der Waals surface area contributed by atoms with E-state index < -0.39 is 0 Å². The Bertz CT molecular complexity index is 1860. The smallest absolute Gasteiger partial charge is 0.119 e. The van der Waals surface area contributed by atoms with Crippen molar-refractivity contribution >= 4 is 61.5 Å². The SMILES string of the molecule is COc1ccc(N(c2ccccc2)c2ccc(/C=C\c3cc4ccc5cccc6ccc(c3)c4c56)cc2)cc1. The van der Waals surface area contributed by atoms with Crippen LogP contribution in [0.1, 0.15) is 11.1 Å². The highest BCUT2D eigenvalue weighted by atomic mass is 16.5. The minimum atomic E-state index is 0.846. The zero-order valence-electron chi connectivity index (χ0n) is 21.7. The maximum absolute atomic E-state index is 5.37. The second-order valence-electron chi connectivity index (χ2n) is 9.85. The van der Waals surface area contributed by atoms with E-state index in [9.17, 15) is 0 Å². The minimum absolute atomic E-state index is 0.846. The van der Waals surface area contributed by atoms with Gasteiger partial charge in [0.1, 0.15) is 5.75 Å². The van der Waals surface area contributed by atoms with E-state index in [0.717, 1.165) is 28.4 Å². The molecule has 2 heteroatoms. The third kappa shape index (κ3) is 4.26. The number of hydrogen-bond donors (Lipinski definition) is 0. The molecule has 2 nitrogen and oxygen atoms in total. The Morgan fingerprint density at radius 3 is 1.59 bits per heavy atom. The van der Waals surface area contributed by atoms with Crippen LogP contribution in [0.3, 0.4) is 0 Å². The molecule has 7 aromatic rings. The molecule has 0 aromatic heterocycles. The highest BCUT2D eigenvalue weighted by molar-refractivity contribution is 6.23. The molecule has 0 spiro atoms. The number of methoxy groups -OCH3 is 1. The van der Waals surface area contributed by atoms with Crippen LogP contribution in [0.4, 0.5) is 17.1 Å². The number of anilines is 3. The average Bonchev–Trinajstić information content (AvgIpc) is 3.00. The summed E-state index contributed by atoms with van der Waals surface area (Å²) in [5.41, 5.74) is 5.66. The quantitative estimate of drug-likeness (QED) is 0.166. The van der Waals surface area contributed by atoms with Gasteiger partial charge in [0.25, 0.3) is 0 Å². The van der Waals surface area contributed by atoms with Gasteiger partial charge in [-0.3, -0.25) is 0 Å². The van der Waals surface area contributed by atoms with Crippen LogP contribution in [-0.4, -0.2) is 7.11 Å². The molecule has 39 heavy (non-hydrogen) atoms. The fourth-order valence-corrected chi connectivity index (χ4v) is 5.56. The fraction of sp³-hybridized carbons (Fsp3) is 0.0270. The molecule has 0 radical (unpaired) electrons. The second kappa shape index (κ2) is 9.66. The lowest BCUT2D eigenvalue weighted by Gasteiger charge is -2.25. The van der Waals surface area contributed by atoms with Crippen molar-refractivity contribution in [1.29, 1.82) is 0 Å². The van der Waals surface area contributed by atoms with Gasteiger partial charge < -0.3 is 9.64 Å². The largest absolute Gasteiger partial charge is 0.497 e. The summed E-state index contributed by atoms with van der Waals surface area (Å²) in [4.78, 5) is 2.26. The summed E-state index contributed by atoms with van der Waals surface area (Å²) in [6.45, 7) is 0. The predicted molar refractivity (Wildman–Crippen MR) is 167 cm³/mol. The van der Waals surface area contributed by atoms with E-state index in [2.05, 4.69) is 132 Å². The number of hydrogen-bond acceptors (Lipinski definition) is 2. The molecule has 0 aliphatic rings. The molecule has 186 valence electrons. The van der Waals surface area contributed by atoms with Crippen molar-refractivity contribution < 1.29 is 4.74 Å². The molecule has 0 saturated carbocycles. The molecule has 0 saturated heterocycles. The van der Waals surface area contributed by atoms with Gasteiger partial charge in [-0.05, 0) is 104 Å². The Morgan fingerprint density at radius 1 is 0.462 bits per heavy atom. The van der Waals surface area contributed by atoms with Gasteiger partial charge in [0.05, 0.1) is 7.11 Å². The third-order valence-corrected chi connectivity index (χ3v) is 7.45. The van der Waals surface area contributed by atoms with Gasteiger partial charge in [0.2, 0.25) is 0 Å². The van der Waals surface area contributed by atoms with Crippen LogP contribution in [0, 0.1) is 0 Å². The van der Waals surface area contributed by atoms with Crippen LogP contribution in [0.15, 0.2) is 133 Å².